The fourth-order valence-electron chi connectivity index (χ4n) is 3.55. The number of nitrogens with one attached hydrogen (secondary N) is 1. The van der Waals surface area contributed by atoms with E-state index in [9.17, 15) is 0 Å². The molecule has 1 aromatic rings. The Hall–Kier alpha value is -1.00. The van der Waals surface area contributed by atoms with Crippen LogP contribution in [0.3, 0.4) is 0 Å². The lowest BCUT2D eigenvalue weighted by molar-refractivity contribution is -0.0769. The SMILES string of the molecule is CCOC1(c2nc(C)c3c(n2)CCNC3)CCCCC1. The first kappa shape index (κ1) is 14.0. The van der Waals surface area contributed by atoms with Crippen molar-refractivity contribution in [2.24, 2.45) is 0 Å². The summed E-state index contributed by atoms with van der Waals surface area (Å²) in [7, 11) is 0. The van der Waals surface area contributed by atoms with Crippen molar-refractivity contribution in [3.8, 4) is 0 Å². The van der Waals surface area contributed by atoms with Crippen LogP contribution >= 0.6 is 0 Å². The monoisotopic (exact) mass is 275 g/mol. The molecule has 1 aliphatic heterocycles. The summed E-state index contributed by atoms with van der Waals surface area (Å²) in [5.74, 6) is 0.942. The van der Waals surface area contributed by atoms with E-state index in [2.05, 4.69) is 19.2 Å². The number of aromatic nitrogens is 2. The molecule has 1 aliphatic carbocycles. The Kier molecular flexibility index (Phi) is 4.03. The van der Waals surface area contributed by atoms with Crippen LogP contribution in [0.4, 0.5) is 0 Å². The molecule has 0 aromatic carbocycles. The van der Waals surface area contributed by atoms with Gasteiger partial charge >= 0.3 is 0 Å². The van der Waals surface area contributed by atoms with Crippen molar-refractivity contribution >= 4 is 0 Å². The zero-order valence-electron chi connectivity index (χ0n) is 12.7. The highest BCUT2D eigenvalue weighted by Gasteiger charge is 2.38. The summed E-state index contributed by atoms with van der Waals surface area (Å²) in [6.07, 6.45) is 6.90. The van der Waals surface area contributed by atoms with E-state index < -0.39 is 0 Å². The Balaban J connectivity index is 2.00. The minimum Gasteiger partial charge on any atom is -0.367 e. The Morgan fingerprint density at radius 3 is 2.75 bits per heavy atom. The van der Waals surface area contributed by atoms with Crippen molar-refractivity contribution in [2.75, 3.05) is 13.2 Å². The number of hydrogen-bond donors (Lipinski definition) is 1. The molecule has 1 N–H and O–H groups in total. The van der Waals surface area contributed by atoms with Crippen LogP contribution in [-0.2, 0) is 23.3 Å². The first-order valence-corrected chi connectivity index (χ1v) is 7.97. The predicted molar refractivity (Wildman–Crippen MR) is 78.6 cm³/mol. The first-order valence-electron chi connectivity index (χ1n) is 7.97. The molecule has 110 valence electrons. The molecule has 0 unspecified atom stereocenters. The van der Waals surface area contributed by atoms with E-state index in [0.29, 0.717) is 0 Å². The van der Waals surface area contributed by atoms with Gasteiger partial charge in [-0.15, -0.1) is 0 Å². The van der Waals surface area contributed by atoms with Crippen LogP contribution in [0.2, 0.25) is 0 Å². The number of ether oxygens (including phenoxy) is 1. The molecule has 2 heterocycles. The molecule has 2 aliphatic rings. The number of nitrogens with zero attached hydrogens (tertiary/aromatic N) is 2. The zero-order chi connectivity index (χ0) is 14.0. The number of aryl methyl sites for hydroxylation is 1. The second kappa shape index (κ2) is 5.78. The molecule has 0 spiro atoms. The molecular formula is C16H25N3O. The third-order valence-electron chi connectivity index (χ3n) is 4.63. The van der Waals surface area contributed by atoms with Gasteiger partial charge in [0, 0.05) is 37.4 Å². The predicted octanol–water partition coefficient (Wildman–Crippen LogP) is 2.63. The van der Waals surface area contributed by atoms with Crippen LogP contribution in [-0.4, -0.2) is 23.1 Å². The molecule has 4 nitrogen and oxygen atoms in total. The maximum absolute atomic E-state index is 6.16. The third kappa shape index (κ3) is 2.47. The summed E-state index contributed by atoms with van der Waals surface area (Å²) in [6.45, 7) is 6.85. The van der Waals surface area contributed by atoms with Gasteiger partial charge in [-0.25, -0.2) is 9.97 Å². The molecule has 1 aromatic heterocycles. The van der Waals surface area contributed by atoms with Crippen molar-refractivity contribution in [3.63, 3.8) is 0 Å². The van der Waals surface area contributed by atoms with Crippen molar-refractivity contribution in [2.45, 2.75) is 64.5 Å². The summed E-state index contributed by atoms with van der Waals surface area (Å²) in [5.41, 5.74) is 3.43. The van der Waals surface area contributed by atoms with Crippen LogP contribution in [0, 0.1) is 6.92 Å². The lowest BCUT2D eigenvalue weighted by Gasteiger charge is -2.36. The fraction of sp³-hybridized carbons (Fsp3) is 0.750. The molecule has 20 heavy (non-hydrogen) atoms. The quantitative estimate of drug-likeness (QED) is 0.921. The van der Waals surface area contributed by atoms with Crippen molar-refractivity contribution in [1.82, 2.24) is 15.3 Å². The van der Waals surface area contributed by atoms with Gasteiger partial charge in [0.1, 0.15) is 5.60 Å². The van der Waals surface area contributed by atoms with Crippen molar-refractivity contribution < 1.29 is 4.74 Å². The molecule has 1 saturated carbocycles. The lowest BCUT2D eigenvalue weighted by atomic mass is 9.83. The van der Waals surface area contributed by atoms with Gasteiger partial charge in [0.05, 0.1) is 5.69 Å². The normalized spacial score (nSPS) is 21.5. The van der Waals surface area contributed by atoms with Crippen LogP contribution in [0.15, 0.2) is 0 Å². The van der Waals surface area contributed by atoms with Crippen LogP contribution in [0.5, 0.6) is 0 Å². The number of fused-ring (bicyclic) bond motifs is 1. The van der Waals surface area contributed by atoms with Gasteiger partial charge in [-0.2, -0.15) is 0 Å². The molecule has 0 radical (unpaired) electrons. The summed E-state index contributed by atoms with van der Waals surface area (Å²) >= 11 is 0. The second-order valence-electron chi connectivity index (χ2n) is 5.97. The van der Waals surface area contributed by atoms with Gasteiger partial charge in [-0.05, 0) is 26.7 Å². The van der Waals surface area contributed by atoms with E-state index in [1.165, 1.54) is 30.5 Å². The van der Waals surface area contributed by atoms with Crippen LogP contribution < -0.4 is 5.32 Å². The second-order valence-corrected chi connectivity index (χ2v) is 5.97. The highest BCUT2D eigenvalue weighted by molar-refractivity contribution is 5.28. The van der Waals surface area contributed by atoms with E-state index >= 15 is 0 Å². The minimum atomic E-state index is -0.225. The molecule has 0 amide bonds. The standard InChI is InChI=1S/C16H25N3O/c1-3-20-16(8-5-4-6-9-16)15-18-12(2)13-11-17-10-7-14(13)19-15/h17H,3-11H2,1-2H3. The molecule has 1 fully saturated rings. The Labute approximate surface area is 121 Å². The fourth-order valence-corrected chi connectivity index (χ4v) is 3.55. The molecule has 3 rings (SSSR count). The molecule has 0 atom stereocenters. The number of hydrogen-bond acceptors (Lipinski definition) is 4. The van der Waals surface area contributed by atoms with Crippen molar-refractivity contribution in [3.05, 3.63) is 22.8 Å². The van der Waals surface area contributed by atoms with Gasteiger partial charge in [-0.3, -0.25) is 0 Å². The zero-order valence-corrected chi connectivity index (χ0v) is 12.7. The Bertz CT molecular complexity index is 475. The van der Waals surface area contributed by atoms with Gasteiger partial charge in [-0.1, -0.05) is 19.3 Å². The van der Waals surface area contributed by atoms with E-state index in [-0.39, 0.29) is 5.60 Å². The minimum absolute atomic E-state index is 0.225. The van der Waals surface area contributed by atoms with Crippen LogP contribution in [0.25, 0.3) is 0 Å². The Morgan fingerprint density at radius 1 is 1.20 bits per heavy atom. The summed E-state index contributed by atoms with van der Waals surface area (Å²) < 4.78 is 6.16. The highest BCUT2D eigenvalue weighted by atomic mass is 16.5. The van der Waals surface area contributed by atoms with Gasteiger partial charge in [0.15, 0.2) is 5.82 Å². The highest BCUT2D eigenvalue weighted by Crippen LogP contribution is 2.39. The topological polar surface area (TPSA) is 47.0 Å². The van der Waals surface area contributed by atoms with Gasteiger partial charge in [0.2, 0.25) is 0 Å². The average molecular weight is 275 g/mol. The summed E-state index contributed by atoms with van der Waals surface area (Å²) in [5, 5.41) is 3.40. The van der Waals surface area contributed by atoms with Gasteiger partial charge in [0.25, 0.3) is 0 Å². The molecule has 0 bridgehead atoms. The maximum atomic E-state index is 6.16. The van der Waals surface area contributed by atoms with Crippen LogP contribution in [0.1, 0.15) is 61.8 Å². The average Bonchev–Trinajstić information content (AvgIpc) is 2.48. The Morgan fingerprint density at radius 2 is 2.00 bits per heavy atom. The summed E-state index contributed by atoms with van der Waals surface area (Å²) in [4.78, 5) is 9.74. The largest absolute Gasteiger partial charge is 0.367 e. The van der Waals surface area contributed by atoms with E-state index in [4.69, 9.17) is 14.7 Å². The van der Waals surface area contributed by atoms with E-state index in [0.717, 1.165) is 50.5 Å². The smallest absolute Gasteiger partial charge is 0.160 e. The molecular weight excluding hydrogens is 250 g/mol. The van der Waals surface area contributed by atoms with Gasteiger partial charge < -0.3 is 10.1 Å². The van der Waals surface area contributed by atoms with E-state index in [1.807, 2.05) is 0 Å². The van der Waals surface area contributed by atoms with E-state index in [1.54, 1.807) is 0 Å². The third-order valence-corrected chi connectivity index (χ3v) is 4.63. The molecule has 4 heteroatoms. The lowest BCUT2D eigenvalue weighted by Crippen LogP contribution is -2.36. The summed E-state index contributed by atoms with van der Waals surface area (Å²) in [6, 6.07) is 0. The maximum Gasteiger partial charge on any atom is 0.160 e. The first-order chi connectivity index (χ1) is 9.75. The van der Waals surface area contributed by atoms with Crippen molar-refractivity contribution in [1.29, 1.82) is 0 Å². The number of rotatable bonds is 3. The molecule has 0 saturated heterocycles.